The van der Waals surface area contributed by atoms with Crippen molar-refractivity contribution in [2.75, 3.05) is 13.7 Å². The molecule has 0 bridgehead atoms. The average Bonchev–Trinajstić information content (AvgIpc) is 2.28. The fraction of sp³-hybridized carbons (Fsp3) is 0.538. The van der Waals surface area contributed by atoms with Crippen LogP contribution in [0.1, 0.15) is 31.9 Å². The molecule has 0 aliphatic carbocycles. The Morgan fingerprint density at radius 2 is 2.00 bits per heavy atom. The molecule has 90 valence electrons. The Hall–Kier alpha value is -1.06. The fourth-order valence-corrected chi connectivity index (χ4v) is 1.46. The Morgan fingerprint density at radius 1 is 1.31 bits per heavy atom. The maximum Gasteiger partial charge on any atom is 0.124 e. The van der Waals surface area contributed by atoms with Crippen LogP contribution in [0.25, 0.3) is 0 Å². The third kappa shape index (κ3) is 3.83. The minimum Gasteiger partial charge on any atom is -0.493 e. The largest absolute Gasteiger partial charge is 0.493 e. The summed E-state index contributed by atoms with van der Waals surface area (Å²) in [6, 6.07) is 8.25. The molecule has 0 saturated heterocycles. The number of para-hydroxylation sites is 1. The van der Waals surface area contributed by atoms with Gasteiger partial charge < -0.3 is 15.2 Å². The first-order chi connectivity index (χ1) is 7.65. The second-order valence-electron chi connectivity index (χ2n) is 4.03. The summed E-state index contributed by atoms with van der Waals surface area (Å²) in [4.78, 5) is 0. The van der Waals surface area contributed by atoms with Gasteiger partial charge in [0.05, 0.1) is 12.7 Å². The quantitative estimate of drug-likeness (QED) is 0.776. The van der Waals surface area contributed by atoms with Crippen molar-refractivity contribution in [3.63, 3.8) is 0 Å². The minimum absolute atomic E-state index is 0.266. The van der Waals surface area contributed by atoms with Gasteiger partial charge in [-0.05, 0) is 27.0 Å². The number of nitrogens with one attached hydrogen (secondary N) is 1. The molecule has 3 nitrogen and oxygen atoms in total. The van der Waals surface area contributed by atoms with Crippen molar-refractivity contribution >= 4 is 0 Å². The van der Waals surface area contributed by atoms with Crippen LogP contribution >= 0.6 is 0 Å². The molecule has 0 aliphatic heterocycles. The molecular formula is C13H21NO2. The molecule has 16 heavy (non-hydrogen) atoms. The van der Waals surface area contributed by atoms with Crippen LogP contribution in [0.5, 0.6) is 5.75 Å². The molecule has 0 aliphatic rings. The summed E-state index contributed by atoms with van der Waals surface area (Å²) in [7, 11) is 1.93. The van der Waals surface area contributed by atoms with Crippen LogP contribution in [-0.4, -0.2) is 24.9 Å². The zero-order chi connectivity index (χ0) is 12.0. The highest BCUT2D eigenvalue weighted by atomic mass is 16.5. The topological polar surface area (TPSA) is 41.5 Å². The summed E-state index contributed by atoms with van der Waals surface area (Å²) in [5.41, 5.74) is 1.15. The molecular weight excluding hydrogens is 202 g/mol. The van der Waals surface area contributed by atoms with Crippen LogP contribution < -0.4 is 10.1 Å². The number of ether oxygens (including phenoxy) is 1. The molecule has 2 unspecified atom stereocenters. The number of hydrogen-bond acceptors (Lipinski definition) is 3. The molecule has 3 heteroatoms. The van der Waals surface area contributed by atoms with E-state index in [1.54, 1.807) is 6.92 Å². The van der Waals surface area contributed by atoms with Gasteiger partial charge in [0, 0.05) is 18.0 Å². The van der Waals surface area contributed by atoms with Crippen molar-refractivity contribution in [3.05, 3.63) is 29.8 Å². The second-order valence-corrected chi connectivity index (χ2v) is 4.03. The molecule has 0 saturated carbocycles. The molecule has 0 aromatic heterocycles. The smallest absolute Gasteiger partial charge is 0.124 e. The van der Waals surface area contributed by atoms with E-state index in [1.807, 2.05) is 25.2 Å². The average molecular weight is 223 g/mol. The zero-order valence-electron chi connectivity index (χ0n) is 10.2. The van der Waals surface area contributed by atoms with E-state index in [2.05, 4.69) is 18.3 Å². The SMILES string of the molecule is CNC(C)c1ccccc1OCCC(C)O. The molecule has 0 spiro atoms. The van der Waals surface area contributed by atoms with E-state index >= 15 is 0 Å². The highest BCUT2D eigenvalue weighted by molar-refractivity contribution is 5.35. The molecule has 2 N–H and O–H groups in total. The summed E-state index contributed by atoms with van der Waals surface area (Å²) in [5, 5.41) is 12.4. The number of hydrogen-bond donors (Lipinski definition) is 2. The van der Waals surface area contributed by atoms with Gasteiger partial charge in [-0.15, -0.1) is 0 Å². The first kappa shape index (κ1) is 13.0. The lowest BCUT2D eigenvalue weighted by molar-refractivity contribution is 0.155. The predicted octanol–water partition coefficient (Wildman–Crippen LogP) is 2.12. The maximum atomic E-state index is 9.16. The van der Waals surface area contributed by atoms with Crippen molar-refractivity contribution in [2.45, 2.75) is 32.4 Å². The van der Waals surface area contributed by atoms with Gasteiger partial charge in [-0.1, -0.05) is 18.2 Å². The summed E-state index contributed by atoms with van der Waals surface area (Å²) in [6.07, 6.45) is 0.344. The molecule has 1 rings (SSSR count). The zero-order valence-corrected chi connectivity index (χ0v) is 10.2. The molecule has 0 heterocycles. The second kappa shape index (κ2) is 6.51. The maximum absolute atomic E-state index is 9.16. The standard InChI is InChI=1S/C13H21NO2/c1-10(15)8-9-16-13-7-5-4-6-12(13)11(2)14-3/h4-7,10-11,14-15H,8-9H2,1-3H3. The van der Waals surface area contributed by atoms with E-state index < -0.39 is 0 Å². The van der Waals surface area contributed by atoms with Gasteiger partial charge in [0.25, 0.3) is 0 Å². The highest BCUT2D eigenvalue weighted by Crippen LogP contribution is 2.24. The van der Waals surface area contributed by atoms with E-state index in [0.717, 1.165) is 11.3 Å². The van der Waals surface area contributed by atoms with Gasteiger partial charge >= 0.3 is 0 Å². The summed E-state index contributed by atoms with van der Waals surface area (Å²) >= 11 is 0. The predicted molar refractivity (Wildman–Crippen MR) is 65.7 cm³/mol. The van der Waals surface area contributed by atoms with Gasteiger partial charge in [0.2, 0.25) is 0 Å². The third-order valence-electron chi connectivity index (χ3n) is 2.61. The molecule has 1 aromatic carbocycles. The normalized spacial score (nSPS) is 14.5. The Kier molecular flexibility index (Phi) is 5.29. The lowest BCUT2D eigenvalue weighted by atomic mass is 10.1. The van der Waals surface area contributed by atoms with E-state index in [4.69, 9.17) is 9.84 Å². The Balaban J connectivity index is 2.64. The van der Waals surface area contributed by atoms with Crippen LogP contribution in [0.4, 0.5) is 0 Å². The van der Waals surface area contributed by atoms with Crippen molar-refractivity contribution < 1.29 is 9.84 Å². The Morgan fingerprint density at radius 3 is 2.62 bits per heavy atom. The van der Waals surface area contributed by atoms with Crippen LogP contribution in [0.3, 0.4) is 0 Å². The van der Waals surface area contributed by atoms with Crippen LogP contribution in [-0.2, 0) is 0 Å². The number of aliphatic hydroxyl groups is 1. The van der Waals surface area contributed by atoms with Gasteiger partial charge in [0.15, 0.2) is 0 Å². The summed E-state index contributed by atoms with van der Waals surface area (Å²) in [6.45, 7) is 4.41. The number of aliphatic hydroxyl groups excluding tert-OH is 1. The Labute approximate surface area is 97.4 Å². The highest BCUT2D eigenvalue weighted by Gasteiger charge is 2.09. The van der Waals surface area contributed by atoms with Gasteiger partial charge in [-0.3, -0.25) is 0 Å². The lowest BCUT2D eigenvalue weighted by Crippen LogP contribution is -2.14. The molecule has 0 fully saturated rings. The first-order valence-corrected chi connectivity index (χ1v) is 5.72. The molecule has 0 amide bonds. The Bertz CT molecular complexity index is 313. The van der Waals surface area contributed by atoms with Crippen LogP contribution in [0.15, 0.2) is 24.3 Å². The van der Waals surface area contributed by atoms with E-state index in [1.165, 1.54) is 0 Å². The van der Waals surface area contributed by atoms with Crippen LogP contribution in [0, 0.1) is 0 Å². The summed E-state index contributed by atoms with van der Waals surface area (Å²) < 4.78 is 5.67. The monoisotopic (exact) mass is 223 g/mol. The third-order valence-corrected chi connectivity index (χ3v) is 2.61. The van der Waals surface area contributed by atoms with E-state index in [9.17, 15) is 0 Å². The molecule has 0 radical (unpaired) electrons. The van der Waals surface area contributed by atoms with Crippen molar-refractivity contribution in [1.29, 1.82) is 0 Å². The summed E-state index contributed by atoms with van der Waals surface area (Å²) in [5.74, 6) is 0.894. The van der Waals surface area contributed by atoms with Gasteiger partial charge in [-0.25, -0.2) is 0 Å². The van der Waals surface area contributed by atoms with Crippen molar-refractivity contribution in [1.82, 2.24) is 5.32 Å². The lowest BCUT2D eigenvalue weighted by Gasteiger charge is -2.16. The number of rotatable bonds is 6. The van der Waals surface area contributed by atoms with E-state index in [-0.39, 0.29) is 12.1 Å². The molecule has 1 aromatic rings. The fourth-order valence-electron chi connectivity index (χ4n) is 1.46. The van der Waals surface area contributed by atoms with E-state index in [0.29, 0.717) is 13.0 Å². The first-order valence-electron chi connectivity index (χ1n) is 5.72. The minimum atomic E-state index is -0.311. The number of benzene rings is 1. The van der Waals surface area contributed by atoms with Crippen LogP contribution in [0.2, 0.25) is 0 Å². The van der Waals surface area contributed by atoms with Crippen molar-refractivity contribution in [3.8, 4) is 5.75 Å². The van der Waals surface area contributed by atoms with Gasteiger partial charge in [-0.2, -0.15) is 0 Å². The van der Waals surface area contributed by atoms with Gasteiger partial charge in [0.1, 0.15) is 5.75 Å². The van der Waals surface area contributed by atoms with Crippen molar-refractivity contribution in [2.24, 2.45) is 0 Å². The molecule has 2 atom stereocenters.